The van der Waals surface area contributed by atoms with Crippen LogP contribution in [0.25, 0.3) is 0 Å². The molecule has 3 aromatic rings. The molecule has 1 atom stereocenters. The average molecular weight is 339 g/mol. The number of rotatable bonds is 4. The molecule has 0 spiro atoms. The standard InChI is InChI=1S/C19H15F2N3O/c20-15-3-1-4-16(21)18(15)19-23-17(12-25-19)14-7-5-13(6-8-14)11-24-10-2-9-22-24/h1-10,17H,11-12H2. The lowest BCUT2D eigenvalue weighted by molar-refractivity contribution is 0.317. The lowest BCUT2D eigenvalue weighted by atomic mass is 10.1. The number of hydrogen-bond donors (Lipinski definition) is 0. The number of ether oxygens (including phenoxy) is 1. The Kier molecular flexibility index (Phi) is 4.01. The average Bonchev–Trinajstić information content (AvgIpc) is 3.28. The summed E-state index contributed by atoms with van der Waals surface area (Å²) < 4.78 is 35.0. The number of benzene rings is 2. The van der Waals surface area contributed by atoms with Gasteiger partial charge >= 0.3 is 0 Å². The molecular weight excluding hydrogens is 324 g/mol. The van der Waals surface area contributed by atoms with E-state index >= 15 is 0 Å². The Bertz CT molecular complexity index is 885. The summed E-state index contributed by atoms with van der Waals surface area (Å²) in [7, 11) is 0. The molecule has 25 heavy (non-hydrogen) atoms. The van der Waals surface area contributed by atoms with Crippen molar-refractivity contribution in [1.29, 1.82) is 0 Å². The van der Waals surface area contributed by atoms with Gasteiger partial charge in [0.05, 0.1) is 6.54 Å². The highest BCUT2D eigenvalue weighted by Crippen LogP contribution is 2.27. The molecule has 1 aromatic heterocycles. The molecule has 0 radical (unpaired) electrons. The van der Waals surface area contributed by atoms with Crippen molar-refractivity contribution in [3.05, 3.63) is 89.2 Å². The Morgan fingerprint density at radius 2 is 1.80 bits per heavy atom. The highest BCUT2D eigenvalue weighted by Gasteiger charge is 2.26. The summed E-state index contributed by atoms with van der Waals surface area (Å²) in [5.74, 6) is -1.33. The fourth-order valence-electron chi connectivity index (χ4n) is 2.81. The van der Waals surface area contributed by atoms with Crippen molar-refractivity contribution in [2.24, 2.45) is 4.99 Å². The van der Waals surface area contributed by atoms with Crippen molar-refractivity contribution in [2.45, 2.75) is 12.6 Å². The van der Waals surface area contributed by atoms with Crippen molar-refractivity contribution in [1.82, 2.24) is 9.78 Å². The fraction of sp³-hybridized carbons (Fsp3) is 0.158. The minimum absolute atomic E-state index is 0.0150. The summed E-state index contributed by atoms with van der Waals surface area (Å²) in [5.41, 5.74) is 1.84. The summed E-state index contributed by atoms with van der Waals surface area (Å²) in [6.45, 7) is 0.949. The van der Waals surface area contributed by atoms with Gasteiger partial charge in [0.2, 0.25) is 5.90 Å². The van der Waals surface area contributed by atoms with E-state index < -0.39 is 11.6 Å². The van der Waals surface area contributed by atoms with Crippen LogP contribution in [0.3, 0.4) is 0 Å². The number of aromatic nitrogens is 2. The summed E-state index contributed by atoms with van der Waals surface area (Å²) in [5, 5.41) is 4.18. The third kappa shape index (κ3) is 3.15. The lowest BCUT2D eigenvalue weighted by Gasteiger charge is -2.07. The first-order chi connectivity index (χ1) is 12.2. The molecule has 0 amide bonds. The van der Waals surface area contributed by atoms with Crippen LogP contribution in [-0.4, -0.2) is 22.3 Å². The van der Waals surface area contributed by atoms with Gasteiger partial charge in [0.25, 0.3) is 0 Å². The summed E-state index contributed by atoms with van der Waals surface area (Å²) in [6, 6.07) is 13.2. The minimum atomic E-state index is -0.672. The zero-order valence-corrected chi connectivity index (χ0v) is 13.3. The minimum Gasteiger partial charge on any atom is -0.475 e. The van der Waals surface area contributed by atoms with Gasteiger partial charge in [-0.15, -0.1) is 0 Å². The maximum Gasteiger partial charge on any atom is 0.222 e. The zero-order chi connectivity index (χ0) is 17.2. The van der Waals surface area contributed by atoms with Crippen LogP contribution in [-0.2, 0) is 11.3 Å². The van der Waals surface area contributed by atoms with Crippen molar-refractivity contribution in [3.63, 3.8) is 0 Å². The Balaban J connectivity index is 1.54. The van der Waals surface area contributed by atoms with Gasteiger partial charge < -0.3 is 4.74 Å². The molecule has 0 bridgehead atoms. The molecular formula is C19H15F2N3O. The predicted octanol–water partition coefficient (Wildman–Crippen LogP) is 3.73. The van der Waals surface area contributed by atoms with Crippen LogP contribution < -0.4 is 0 Å². The Labute approximate surface area is 143 Å². The summed E-state index contributed by atoms with van der Waals surface area (Å²) in [6.07, 6.45) is 3.64. The Hall–Kier alpha value is -3.02. The molecule has 4 nitrogen and oxygen atoms in total. The smallest absolute Gasteiger partial charge is 0.222 e. The van der Waals surface area contributed by atoms with Crippen LogP contribution in [0.2, 0.25) is 0 Å². The van der Waals surface area contributed by atoms with E-state index in [1.165, 1.54) is 18.2 Å². The number of halogens is 2. The second-order valence-electron chi connectivity index (χ2n) is 5.80. The van der Waals surface area contributed by atoms with E-state index in [4.69, 9.17) is 4.74 Å². The monoisotopic (exact) mass is 339 g/mol. The van der Waals surface area contributed by atoms with E-state index in [1.807, 2.05) is 41.2 Å². The van der Waals surface area contributed by atoms with Gasteiger partial charge in [-0.2, -0.15) is 5.10 Å². The number of nitrogens with zero attached hydrogens (tertiary/aromatic N) is 3. The van der Waals surface area contributed by atoms with Crippen LogP contribution in [0.1, 0.15) is 22.7 Å². The molecule has 4 rings (SSSR count). The first kappa shape index (κ1) is 15.5. The van der Waals surface area contributed by atoms with E-state index in [2.05, 4.69) is 10.1 Å². The molecule has 6 heteroatoms. The van der Waals surface area contributed by atoms with Crippen LogP contribution in [0.15, 0.2) is 65.9 Å². The molecule has 0 saturated heterocycles. The maximum absolute atomic E-state index is 13.9. The molecule has 0 N–H and O–H groups in total. The highest BCUT2D eigenvalue weighted by molar-refractivity contribution is 5.95. The van der Waals surface area contributed by atoms with Gasteiger partial charge in [-0.05, 0) is 29.3 Å². The predicted molar refractivity (Wildman–Crippen MR) is 89.4 cm³/mol. The topological polar surface area (TPSA) is 39.4 Å². The quantitative estimate of drug-likeness (QED) is 0.727. The Morgan fingerprint density at radius 1 is 1.04 bits per heavy atom. The number of hydrogen-bond acceptors (Lipinski definition) is 3. The SMILES string of the molecule is Fc1cccc(F)c1C1=NC(c2ccc(Cn3cccn3)cc2)CO1. The molecule has 0 fully saturated rings. The molecule has 1 unspecified atom stereocenters. The third-order valence-corrected chi connectivity index (χ3v) is 4.10. The normalized spacial score (nSPS) is 16.6. The van der Waals surface area contributed by atoms with E-state index in [-0.39, 0.29) is 24.1 Å². The largest absolute Gasteiger partial charge is 0.475 e. The molecule has 1 aliphatic rings. The van der Waals surface area contributed by atoms with E-state index in [9.17, 15) is 8.78 Å². The zero-order valence-electron chi connectivity index (χ0n) is 13.3. The second kappa shape index (κ2) is 6.47. The van der Waals surface area contributed by atoms with Crippen LogP contribution in [0, 0.1) is 11.6 Å². The summed E-state index contributed by atoms with van der Waals surface area (Å²) >= 11 is 0. The molecule has 126 valence electrons. The molecule has 2 heterocycles. The second-order valence-corrected chi connectivity index (χ2v) is 5.80. The van der Waals surface area contributed by atoms with Crippen LogP contribution in [0.4, 0.5) is 8.78 Å². The maximum atomic E-state index is 13.9. The first-order valence-corrected chi connectivity index (χ1v) is 7.92. The van der Waals surface area contributed by atoms with Crippen molar-refractivity contribution in [3.8, 4) is 0 Å². The van der Waals surface area contributed by atoms with E-state index in [0.29, 0.717) is 6.54 Å². The molecule has 2 aromatic carbocycles. The number of aliphatic imine (C=N–C) groups is 1. The Morgan fingerprint density at radius 3 is 2.48 bits per heavy atom. The molecule has 0 aliphatic carbocycles. The van der Waals surface area contributed by atoms with Gasteiger partial charge in [0, 0.05) is 12.4 Å². The van der Waals surface area contributed by atoms with Gasteiger partial charge in [-0.1, -0.05) is 30.3 Å². The first-order valence-electron chi connectivity index (χ1n) is 7.92. The van der Waals surface area contributed by atoms with Gasteiger partial charge in [0.1, 0.15) is 29.8 Å². The fourth-order valence-corrected chi connectivity index (χ4v) is 2.81. The van der Waals surface area contributed by atoms with Crippen LogP contribution in [0.5, 0.6) is 0 Å². The third-order valence-electron chi connectivity index (χ3n) is 4.10. The van der Waals surface area contributed by atoms with Crippen molar-refractivity contribution >= 4 is 5.90 Å². The van der Waals surface area contributed by atoms with Gasteiger partial charge in [-0.3, -0.25) is 4.68 Å². The van der Waals surface area contributed by atoms with Crippen LogP contribution >= 0.6 is 0 Å². The lowest BCUT2D eigenvalue weighted by Crippen LogP contribution is -2.07. The highest BCUT2D eigenvalue weighted by atomic mass is 19.1. The van der Waals surface area contributed by atoms with E-state index in [1.54, 1.807) is 6.20 Å². The van der Waals surface area contributed by atoms with E-state index in [0.717, 1.165) is 11.1 Å². The van der Waals surface area contributed by atoms with Crippen molar-refractivity contribution in [2.75, 3.05) is 6.61 Å². The molecule has 0 saturated carbocycles. The van der Waals surface area contributed by atoms with Gasteiger partial charge in [-0.25, -0.2) is 13.8 Å². The summed E-state index contributed by atoms with van der Waals surface area (Å²) in [4.78, 5) is 4.35. The van der Waals surface area contributed by atoms with Crippen molar-refractivity contribution < 1.29 is 13.5 Å². The van der Waals surface area contributed by atoms with Gasteiger partial charge in [0.15, 0.2) is 0 Å². The molecule has 1 aliphatic heterocycles.